The lowest BCUT2D eigenvalue weighted by Crippen LogP contribution is -2.19. The van der Waals surface area contributed by atoms with Gasteiger partial charge in [0.1, 0.15) is 11.6 Å². The first-order valence-electron chi connectivity index (χ1n) is 5.77. The van der Waals surface area contributed by atoms with Crippen LogP contribution in [0, 0.1) is 12.7 Å². The predicted octanol–water partition coefficient (Wildman–Crippen LogP) is 3.88. The van der Waals surface area contributed by atoms with E-state index in [9.17, 15) is 4.39 Å². The van der Waals surface area contributed by atoms with Crippen molar-refractivity contribution < 1.29 is 8.81 Å². The van der Waals surface area contributed by atoms with Crippen molar-refractivity contribution in [2.24, 2.45) is 0 Å². The van der Waals surface area contributed by atoms with Crippen molar-refractivity contribution in [3.05, 3.63) is 58.3 Å². The molecule has 1 heterocycles. The van der Waals surface area contributed by atoms with Gasteiger partial charge in [0.15, 0.2) is 0 Å². The van der Waals surface area contributed by atoms with Crippen LogP contribution < -0.4 is 5.32 Å². The quantitative estimate of drug-likeness (QED) is 0.909. The Labute approximate surface area is 111 Å². The minimum atomic E-state index is -0.389. The molecule has 2 aromatic rings. The van der Waals surface area contributed by atoms with Crippen molar-refractivity contribution in [2.75, 3.05) is 7.05 Å². The summed E-state index contributed by atoms with van der Waals surface area (Å²) in [4.78, 5) is 0. The van der Waals surface area contributed by atoms with E-state index in [1.54, 1.807) is 12.3 Å². The van der Waals surface area contributed by atoms with Gasteiger partial charge in [-0.2, -0.15) is 0 Å². The molecule has 0 aliphatic heterocycles. The zero-order chi connectivity index (χ0) is 13.1. The molecule has 0 fully saturated rings. The van der Waals surface area contributed by atoms with E-state index in [1.165, 1.54) is 6.07 Å². The van der Waals surface area contributed by atoms with Gasteiger partial charge in [-0.15, -0.1) is 0 Å². The second kappa shape index (κ2) is 5.55. The van der Waals surface area contributed by atoms with Crippen LogP contribution in [0.15, 0.2) is 34.9 Å². The number of hydrogen-bond acceptors (Lipinski definition) is 2. The van der Waals surface area contributed by atoms with Gasteiger partial charge in [0.05, 0.1) is 17.3 Å². The Morgan fingerprint density at radius 2 is 2.17 bits per heavy atom. The largest absolute Gasteiger partial charge is 0.467 e. The third kappa shape index (κ3) is 2.74. The van der Waals surface area contributed by atoms with Crippen molar-refractivity contribution in [1.82, 2.24) is 5.32 Å². The summed E-state index contributed by atoms with van der Waals surface area (Å²) in [6, 6.07) is 6.82. The molecule has 1 unspecified atom stereocenters. The van der Waals surface area contributed by atoms with Crippen LogP contribution in [-0.4, -0.2) is 7.05 Å². The second-order valence-electron chi connectivity index (χ2n) is 4.26. The van der Waals surface area contributed by atoms with E-state index in [0.717, 1.165) is 16.9 Å². The maximum atomic E-state index is 13.4. The van der Waals surface area contributed by atoms with Crippen LogP contribution in [0.5, 0.6) is 0 Å². The zero-order valence-corrected chi connectivity index (χ0v) is 11.1. The van der Waals surface area contributed by atoms with Gasteiger partial charge in [0.25, 0.3) is 0 Å². The highest BCUT2D eigenvalue weighted by molar-refractivity contribution is 6.30. The number of nitrogens with one attached hydrogen (secondary N) is 1. The van der Waals surface area contributed by atoms with Crippen LogP contribution in [0.2, 0.25) is 5.02 Å². The maximum absolute atomic E-state index is 13.4. The molecule has 96 valence electrons. The SMILES string of the molecule is CNC(Cc1ccc(Cl)c(F)c1)c1occc1C. The summed E-state index contributed by atoms with van der Waals surface area (Å²) in [7, 11) is 1.86. The van der Waals surface area contributed by atoms with E-state index < -0.39 is 0 Å². The Bertz CT molecular complexity index is 538. The molecule has 0 bridgehead atoms. The molecule has 0 saturated heterocycles. The summed E-state index contributed by atoms with van der Waals surface area (Å²) < 4.78 is 18.8. The van der Waals surface area contributed by atoms with Gasteiger partial charge >= 0.3 is 0 Å². The lowest BCUT2D eigenvalue weighted by Gasteiger charge is -2.15. The molecule has 1 atom stereocenters. The highest BCUT2D eigenvalue weighted by Crippen LogP contribution is 2.24. The zero-order valence-electron chi connectivity index (χ0n) is 10.3. The lowest BCUT2D eigenvalue weighted by atomic mass is 10.0. The fourth-order valence-electron chi connectivity index (χ4n) is 1.97. The minimum absolute atomic E-state index is 0.0283. The van der Waals surface area contributed by atoms with Crippen molar-refractivity contribution in [1.29, 1.82) is 0 Å². The molecule has 0 amide bonds. The summed E-state index contributed by atoms with van der Waals surface area (Å²) in [5.74, 6) is 0.494. The average molecular weight is 268 g/mol. The summed E-state index contributed by atoms with van der Waals surface area (Å²) in [6.45, 7) is 1.99. The number of benzene rings is 1. The van der Waals surface area contributed by atoms with Gasteiger partial charge in [-0.1, -0.05) is 17.7 Å². The molecule has 0 aliphatic carbocycles. The summed E-state index contributed by atoms with van der Waals surface area (Å²) >= 11 is 5.67. The first-order chi connectivity index (χ1) is 8.61. The Morgan fingerprint density at radius 1 is 1.39 bits per heavy atom. The Balaban J connectivity index is 2.20. The van der Waals surface area contributed by atoms with E-state index in [2.05, 4.69) is 5.32 Å². The van der Waals surface area contributed by atoms with Gasteiger partial charge in [-0.25, -0.2) is 4.39 Å². The summed E-state index contributed by atoms with van der Waals surface area (Å²) in [5, 5.41) is 3.33. The molecule has 0 aliphatic rings. The Hall–Kier alpha value is -1.32. The van der Waals surface area contributed by atoms with E-state index in [-0.39, 0.29) is 16.9 Å². The second-order valence-corrected chi connectivity index (χ2v) is 4.67. The van der Waals surface area contributed by atoms with Crippen LogP contribution in [0.25, 0.3) is 0 Å². The van der Waals surface area contributed by atoms with Gasteiger partial charge in [-0.3, -0.25) is 0 Å². The van der Waals surface area contributed by atoms with E-state index in [1.807, 2.05) is 26.1 Å². The van der Waals surface area contributed by atoms with E-state index in [4.69, 9.17) is 16.0 Å². The van der Waals surface area contributed by atoms with Gasteiger partial charge < -0.3 is 9.73 Å². The molecule has 2 nitrogen and oxygen atoms in total. The molecule has 2 rings (SSSR count). The first-order valence-corrected chi connectivity index (χ1v) is 6.14. The number of likely N-dealkylation sites (N-methyl/N-ethyl adjacent to an activating group) is 1. The van der Waals surface area contributed by atoms with Crippen LogP contribution >= 0.6 is 11.6 Å². The minimum Gasteiger partial charge on any atom is -0.467 e. The average Bonchev–Trinajstić information content (AvgIpc) is 2.77. The monoisotopic (exact) mass is 267 g/mol. The standard InChI is InChI=1S/C14H15ClFNO/c1-9-5-6-18-14(9)13(17-2)8-10-3-4-11(15)12(16)7-10/h3-7,13,17H,8H2,1-2H3. The number of halogens is 2. The number of aryl methyl sites for hydroxylation is 1. The topological polar surface area (TPSA) is 25.2 Å². The molecular weight excluding hydrogens is 253 g/mol. The summed E-state index contributed by atoms with van der Waals surface area (Å²) in [5.41, 5.74) is 1.97. The highest BCUT2D eigenvalue weighted by atomic mass is 35.5. The molecule has 0 radical (unpaired) electrons. The molecule has 0 saturated carbocycles. The van der Waals surface area contributed by atoms with Crippen molar-refractivity contribution in [3.63, 3.8) is 0 Å². The molecule has 4 heteroatoms. The van der Waals surface area contributed by atoms with Crippen molar-refractivity contribution >= 4 is 11.6 Å². The molecule has 0 spiro atoms. The fourth-order valence-corrected chi connectivity index (χ4v) is 2.09. The maximum Gasteiger partial charge on any atom is 0.142 e. The number of rotatable bonds is 4. The molecular formula is C14H15ClFNO. The summed E-state index contributed by atoms with van der Waals surface area (Å²) in [6.07, 6.45) is 2.32. The first kappa shape index (κ1) is 13.1. The van der Waals surface area contributed by atoms with Crippen LogP contribution in [0.3, 0.4) is 0 Å². The smallest absolute Gasteiger partial charge is 0.142 e. The lowest BCUT2D eigenvalue weighted by molar-refractivity contribution is 0.426. The Morgan fingerprint density at radius 3 is 2.72 bits per heavy atom. The van der Waals surface area contributed by atoms with E-state index in [0.29, 0.717) is 6.42 Å². The molecule has 1 N–H and O–H groups in total. The van der Waals surface area contributed by atoms with Crippen molar-refractivity contribution in [3.8, 4) is 0 Å². The number of furan rings is 1. The highest BCUT2D eigenvalue weighted by Gasteiger charge is 2.16. The third-order valence-corrected chi connectivity index (χ3v) is 3.30. The van der Waals surface area contributed by atoms with Crippen LogP contribution in [0.1, 0.15) is 22.9 Å². The van der Waals surface area contributed by atoms with Crippen LogP contribution in [-0.2, 0) is 6.42 Å². The van der Waals surface area contributed by atoms with E-state index >= 15 is 0 Å². The predicted molar refractivity (Wildman–Crippen MR) is 70.4 cm³/mol. The molecule has 1 aromatic carbocycles. The van der Waals surface area contributed by atoms with Gasteiger partial charge in [0, 0.05) is 0 Å². The molecule has 18 heavy (non-hydrogen) atoms. The van der Waals surface area contributed by atoms with Gasteiger partial charge in [-0.05, 0) is 49.7 Å². The third-order valence-electron chi connectivity index (χ3n) is 2.99. The molecule has 1 aromatic heterocycles. The van der Waals surface area contributed by atoms with Crippen molar-refractivity contribution in [2.45, 2.75) is 19.4 Å². The fraction of sp³-hybridized carbons (Fsp3) is 0.286. The Kier molecular flexibility index (Phi) is 4.04. The van der Waals surface area contributed by atoms with Crippen LogP contribution in [0.4, 0.5) is 4.39 Å². The number of hydrogen-bond donors (Lipinski definition) is 1. The van der Waals surface area contributed by atoms with Gasteiger partial charge in [0.2, 0.25) is 0 Å². The normalized spacial score (nSPS) is 12.7.